The number of carboxylic acids is 1. The van der Waals surface area contributed by atoms with Gasteiger partial charge in [0.1, 0.15) is 0 Å². The molecule has 0 saturated carbocycles. The fourth-order valence-corrected chi connectivity index (χ4v) is 2.34. The lowest BCUT2D eigenvalue weighted by molar-refractivity contribution is -0.141. The van der Waals surface area contributed by atoms with Crippen molar-refractivity contribution in [3.63, 3.8) is 0 Å². The van der Waals surface area contributed by atoms with Crippen molar-refractivity contribution in [1.82, 2.24) is 4.90 Å². The van der Waals surface area contributed by atoms with Crippen LogP contribution in [0.2, 0.25) is 0 Å². The normalized spacial score (nSPS) is 12.7. The zero-order valence-corrected chi connectivity index (χ0v) is 13.7. The van der Waals surface area contributed by atoms with Crippen LogP contribution in [0, 0.1) is 5.92 Å². The molecule has 0 aliphatic rings. The Morgan fingerprint density at radius 1 is 1.39 bits per heavy atom. The van der Waals surface area contributed by atoms with Gasteiger partial charge < -0.3 is 5.11 Å². The van der Waals surface area contributed by atoms with Crippen molar-refractivity contribution in [2.45, 2.75) is 20.4 Å². The van der Waals surface area contributed by atoms with Gasteiger partial charge in [-0.05, 0) is 56.1 Å². The minimum Gasteiger partial charge on any atom is -0.481 e. The zero-order chi connectivity index (χ0) is 13.7. The van der Waals surface area contributed by atoms with E-state index < -0.39 is 5.97 Å². The number of carboxylic acid groups (broad SMARTS) is 1. The number of hydrogen-bond donors (Lipinski definition) is 1. The van der Waals surface area contributed by atoms with Crippen LogP contribution in [0.5, 0.6) is 0 Å². The number of halogens is 2. The molecule has 0 fully saturated rings. The average Bonchev–Trinajstić information content (AvgIpc) is 2.32. The van der Waals surface area contributed by atoms with Crippen molar-refractivity contribution in [3.8, 4) is 0 Å². The van der Waals surface area contributed by atoms with E-state index in [1.807, 2.05) is 19.1 Å². The van der Waals surface area contributed by atoms with Crippen LogP contribution in [0.3, 0.4) is 0 Å². The van der Waals surface area contributed by atoms with Crippen LogP contribution in [0.15, 0.2) is 27.1 Å². The predicted octanol–water partition coefficient (Wildman–Crippen LogP) is 3.75. The van der Waals surface area contributed by atoms with Gasteiger partial charge >= 0.3 is 5.97 Å². The summed E-state index contributed by atoms with van der Waals surface area (Å²) in [5.74, 6) is -1.09. The molecule has 1 unspecified atom stereocenters. The molecule has 1 aromatic rings. The van der Waals surface area contributed by atoms with E-state index in [0.29, 0.717) is 6.54 Å². The number of aliphatic carboxylic acids is 1. The number of rotatable bonds is 6. The summed E-state index contributed by atoms with van der Waals surface area (Å²) >= 11 is 6.91. The maximum Gasteiger partial charge on any atom is 0.307 e. The molecule has 1 aromatic carbocycles. The molecule has 0 spiro atoms. The maximum atomic E-state index is 10.9. The molecule has 5 heteroatoms. The van der Waals surface area contributed by atoms with E-state index in [0.717, 1.165) is 22.0 Å². The summed E-state index contributed by atoms with van der Waals surface area (Å²) in [6.45, 7) is 5.95. The quantitative estimate of drug-likeness (QED) is 0.819. The van der Waals surface area contributed by atoms with E-state index in [1.165, 1.54) is 5.56 Å². The van der Waals surface area contributed by atoms with Crippen molar-refractivity contribution in [2.75, 3.05) is 13.1 Å². The molecule has 3 nitrogen and oxygen atoms in total. The molecule has 18 heavy (non-hydrogen) atoms. The summed E-state index contributed by atoms with van der Waals surface area (Å²) in [6.07, 6.45) is 0. The van der Waals surface area contributed by atoms with Gasteiger partial charge in [-0.15, -0.1) is 0 Å². The van der Waals surface area contributed by atoms with Crippen LogP contribution in [-0.2, 0) is 11.3 Å². The average molecular weight is 379 g/mol. The van der Waals surface area contributed by atoms with Gasteiger partial charge in [0.15, 0.2) is 0 Å². The minimum atomic E-state index is -0.745. The van der Waals surface area contributed by atoms with E-state index in [2.05, 4.69) is 42.8 Å². The summed E-state index contributed by atoms with van der Waals surface area (Å²) in [4.78, 5) is 13.0. The largest absolute Gasteiger partial charge is 0.481 e. The molecule has 0 aliphatic carbocycles. The lowest BCUT2D eigenvalue weighted by atomic mass is 10.1. The number of hydrogen-bond acceptors (Lipinski definition) is 2. The Kier molecular flexibility index (Phi) is 6.32. The highest BCUT2D eigenvalue weighted by Gasteiger charge is 2.15. The fourth-order valence-electron chi connectivity index (χ4n) is 1.67. The summed E-state index contributed by atoms with van der Waals surface area (Å²) in [5.41, 5.74) is 1.17. The van der Waals surface area contributed by atoms with Crippen molar-refractivity contribution < 1.29 is 9.90 Å². The van der Waals surface area contributed by atoms with Crippen LogP contribution >= 0.6 is 31.9 Å². The highest BCUT2D eigenvalue weighted by Crippen LogP contribution is 2.24. The Bertz CT molecular complexity index is 423. The SMILES string of the molecule is CCN(Cc1ccc(Br)c(Br)c1)CC(C)C(=O)O. The summed E-state index contributed by atoms with van der Waals surface area (Å²) < 4.78 is 2.04. The van der Waals surface area contributed by atoms with Gasteiger partial charge in [-0.2, -0.15) is 0 Å². The smallest absolute Gasteiger partial charge is 0.307 e. The number of carbonyl (C=O) groups is 1. The first kappa shape index (κ1) is 15.7. The maximum absolute atomic E-state index is 10.9. The van der Waals surface area contributed by atoms with Gasteiger partial charge in [0, 0.05) is 22.0 Å². The summed E-state index contributed by atoms with van der Waals surface area (Å²) in [7, 11) is 0. The monoisotopic (exact) mass is 377 g/mol. The van der Waals surface area contributed by atoms with E-state index in [-0.39, 0.29) is 5.92 Å². The van der Waals surface area contributed by atoms with Crippen LogP contribution < -0.4 is 0 Å². The van der Waals surface area contributed by atoms with E-state index in [4.69, 9.17) is 5.11 Å². The lowest BCUT2D eigenvalue weighted by Crippen LogP contribution is -2.31. The Morgan fingerprint density at radius 3 is 2.56 bits per heavy atom. The molecule has 100 valence electrons. The predicted molar refractivity (Wildman–Crippen MR) is 79.6 cm³/mol. The third-order valence-corrected chi connectivity index (χ3v) is 4.67. The van der Waals surface area contributed by atoms with Gasteiger partial charge in [0.2, 0.25) is 0 Å². The van der Waals surface area contributed by atoms with Crippen molar-refractivity contribution in [3.05, 3.63) is 32.7 Å². The standard InChI is InChI=1S/C13H17Br2NO2/c1-3-16(7-9(2)13(17)18)8-10-4-5-11(14)12(15)6-10/h4-6,9H,3,7-8H2,1-2H3,(H,17,18). The van der Waals surface area contributed by atoms with E-state index in [1.54, 1.807) is 6.92 Å². The highest BCUT2D eigenvalue weighted by atomic mass is 79.9. The van der Waals surface area contributed by atoms with E-state index in [9.17, 15) is 4.79 Å². The van der Waals surface area contributed by atoms with Gasteiger partial charge in [-0.1, -0.05) is 19.9 Å². The molecule has 0 bridgehead atoms. The van der Waals surface area contributed by atoms with Crippen molar-refractivity contribution >= 4 is 37.8 Å². The van der Waals surface area contributed by atoms with Crippen molar-refractivity contribution in [2.24, 2.45) is 5.92 Å². The molecule has 0 aliphatic heterocycles. The fraction of sp³-hybridized carbons (Fsp3) is 0.462. The second kappa shape index (κ2) is 7.26. The Balaban J connectivity index is 2.67. The van der Waals surface area contributed by atoms with Gasteiger partial charge in [0.25, 0.3) is 0 Å². The molecular formula is C13H17Br2NO2. The highest BCUT2D eigenvalue weighted by molar-refractivity contribution is 9.13. The van der Waals surface area contributed by atoms with Crippen LogP contribution in [0.1, 0.15) is 19.4 Å². The third kappa shape index (κ3) is 4.71. The molecule has 1 atom stereocenters. The molecule has 0 heterocycles. The molecular weight excluding hydrogens is 362 g/mol. The molecule has 0 saturated heterocycles. The topological polar surface area (TPSA) is 40.5 Å². The molecule has 0 amide bonds. The van der Waals surface area contributed by atoms with Gasteiger partial charge in [-0.25, -0.2) is 0 Å². The Hall–Kier alpha value is -0.390. The Labute approximate surface area is 124 Å². The number of benzene rings is 1. The Morgan fingerprint density at radius 2 is 2.06 bits per heavy atom. The molecule has 1 N–H and O–H groups in total. The molecule has 1 rings (SSSR count). The van der Waals surface area contributed by atoms with Crippen LogP contribution in [-0.4, -0.2) is 29.1 Å². The first-order valence-corrected chi connectivity index (χ1v) is 7.41. The van der Waals surface area contributed by atoms with Crippen LogP contribution in [0.25, 0.3) is 0 Å². The molecule has 0 radical (unpaired) electrons. The summed E-state index contributed by atoms with van der Waals surface area (Å²) in [5, 5.41) is 8.93. The number of nitrogens with zero attached hydrogens (tertiary/aromatic N) is 1. The lowest BCUT2D eigenvalue weighted by Gasteiger charge is -2.22. The second-order valence-electron chi connectivity index (χ2n) is 4.32. The van der Waals surface area contributed by atoms with E-state index >= 15 is 0 Å². The van der Waals surface area contributed by atoms with Crippen LogP contribution in [0.4, 0.5) is 0 Å². The molecule has 0 aromatic heterocycles. The zero-order valence-electron chi connectivity index (χ0n) is 10.5. The summed E-state index contributed by atoms with van der Waals surface area (Å²) in [6, 6.07) is 6.09. The van der Waals surface area contributed by atoms with Gasteiger partial charge in [0.05, 0.1) is 5.92 Å². The minimum absolute atomic E-state index is 0.344. The second-order valence-corrected chi connectivity index (χ2v) is 6.02. The van der Waals surface area contributed by atoms with Crippen molar-refractivity contribution in [1.29, 1.82) is 0 Å². The first-order chi connectivity index (χ1) is 8.43. The first-order valence-electron chi connectivity index (χ1n) is 5.83. The third-order valence-electron chi connectivity index (χ3n) is 2.79. The van der Waals surface area contributed by atoms with Gasteiger partial charge in [-0.3, -0.25) is 9.69 Å².